The van der Waals surface area contributed by atoms with Gasteiger partial charge in [-0.25, -0.2) is 4.39 Å². The summed E-state index contributed by atoms with van der Waals surface area (Å²) in [6, 6.07) is 16.5. The Bertz CT molecular complexity index is 969. The van der Waals surface area contributed by atoms with Gasteiger partial charge in [-0.3, -0.25) is 4.98 Å². The van der Waals surface area contributed by atoms with Crippen molar-refractivity contribution in [1.82, 2.24) is 19.8 Å². The van der Waals surface area contributed by atoms with Gasteiger partial charge in [0.15, 0.2) is 5.11 Å². The molecule has 4 rings (SSSR count). The predicted molar refractivity (Wildman–Crippen MR) is 113 cm³/mol. The highest BCUT2D eigenvalue weighted by molar-refractivity contribution is 7.80. The topological polar surface area (TPSA) is 33.1 Å². The van der Waals surface area contributed by atoms with Crippen LogP contribution in [0.15, 0.2) is 67.0 Å². The maximum Gasteiger partial charge on any atom is 0.170 e. The molecule has 1 N–H and O–H groups in total. The van der Waals surface area contributed by atoms with E-state index in [-0.39, 0.29) is 17.9 Å². The van der Waals surface area contributed by atoms with Crippen molar-refractivity contribution in [3.63, 3.8) is 0 Å². The summed E-state index contributed by atoms with van der Waals surface area (Å²) in [4.78, 5) is 6.79. The Morgan fingerprint density at radius 2 is 2.00 bits per heavy atom. The maximum absolute atomic E-state index is 13.9. The molecule has 4 nitrogen and oxygen atoms in total. The summed E-state index contributed by atoms with van der Waals surface area (Å²) in [5.41, 5.74) is 2.78. The molecule has 0 spiro atoms. The lowest BCUT2D eigenvalue weighted by molar-refractivity contribution is 0.280. The van der Waals surface area contributed by atoms with Gasteiger partial charge in [0.05, 0.1) is 17.8 Å². The van der Waals surface area contributed by atoms with Crippen molar-refractivity contribution in [2.45, 2.75) is 25.9 Å². The largest absolute Gasteiger partial charge is 0.352 e. The lowest BCUT2D eigenvalue weighted by Gasteiger charge is -2.30. The van der Waals surface area contributed by atoms with E-state index < -0.39 is 0 Å². The standard InChI is InChI=1S/C22H23FN4S/c1-15(2)14-27-21(20(25-22(27)28)18-9-3-4-11-24-18)19-10-6-12-26(19)17-8-5-7-16(23)13-17/h3-13,15,20-21H,14H2,1-2H3,(H,25,28)/t20-,21-/m0/s1. The van der Waals surface area contributed by atoms with Gasteiger partial charge in [0.2, 0.25) is 0 Å². The lowest BCUT2D eigenvalue weighted by atomic mass is 10.0. The quantitative estimate of drug-likeness (QED) is 0.639. The molecular weight excluding hydrogens is 371 g/mol. The molecule has 0 bridgehead atoms. The molecule has 2 aromatic heterocycles. The maximum atomic E-state index is 13.9. The molecule has 1 aromatic carbocycles. The summed E-state index contributed by atoms with van der Waals surface area (Å²) >= 11 is 5.69. The molecule has 3 heterocycles. The van der Waals surface area contributed by atoms with Crippen LogP contribution in [0.2, 0.25) is 0 Å². The van der Waals surface area contributed by atoms with Crippen molar-refractivity contribution in [1.29, 1.82) is 0 Å². The minimum absolute atomic E-state index is 0.0388. The van der Waals surface area contributed by atoms with Gasteiger partial charge in [-0.1, -0.05) is 26.0 Å². The smallest absolute Gasteiger partial charge is 0.170 e. The zero-order valence-electron chi connectivity index (χ0n) is 15.9. The van der Waals surface area contributed by atoms with Gasteiger partial charge < -0.3 is 14.8 Å². The highest BCUT2D eigenvalue weighted by Gasteiger charge is 2.41. The Labute approximate surface area is 170 Å². The molecule has 1 aliphatic rings. The number of aromatic nitrogens is 2. The summed E-state index contributed by atoms with van der Waals surface area (Å²) in [5, 5.41) is 4.18. The highest BCUT2D eigenvalue weighted by atomic mass is 32.1. The van der Waals surface area contributed by atoms with Gasteiger partial charge in [0, 0.05) is 30.3 Å². The molecule has 6 heteroatoms. The normalized spacial score (nSPS) is 19.3. The zero-order chi connectivity index (χ0) is 19.7. The molecule has 0 saturated carbocycles. The van der Waals surface area contributed by atoms with Crippen molar-refractivity contribution in [3.8, 4) is 5.69 Å². The number of benzene rings is 1. The van der Waals surface area contributed by atoms with E-state index in [1.807, 2.05) is 41.1 Å². The van der Waals surface area contributed by atoms with E-state index in [0.717, 1.165) is 28.7 Å². The van der Waals surface area contributed by atoms with Gasteiger partial charge in [-0.05, 0) is 60.6 Å². The Morgan fingerprint density at radius 1 is 1.14 bits per heavy atom. The van der Waals surface area contributed by atoms with Crippen LogP contribution >= 0.6 is 12.2 Å². The Morgan fingerprint density at radius 3 is 2.71 bits per heavy atom. The number of thiocarbonyl (C=S) groups is 1. The van der Waals surface area contributed by atoms with Gasteiger partial charge >= 0.3 is 0 Å². The van der Waals surface area contributed by atoms with Gasteiger partial charge in [-0.15, -0.1) is 0 Å². The van der Waals surface area contributed by atoms with Crippen molar-refractivity contribution in [3.05, 3.63) is 84.2 Å². The van der Waals surface area contributed by atoms with Crippen LogP contribution in [0.25, 0.3) is 5.69 Å². The van der Waals surface area contributed by atoms with E-state index in [4.69, 9.17) is 12.2 Å². The first-order chi connectivity index (χ1) is 13.5. The van der Waals surface area contributed by atoms with E-state index in [1.165, 1.54) is 6.07 Å². The van der Waals surface area contributed by atoms with Crippen LogP contribution in [0.3, 0.4) is 0 Å². The van der Waals surface area contributed by atoms with E-state index >= 15 is 0 Å². The number of hydrogen-bond donors (Lipinski definition) is 1. The van der Waals surface area contributed by atoms with Gasteiger partial charge in [0.25, 0.3) is 0 Å². The number of nitrogens with zero attached hydrogens (tertiary/aromatic N) is 3. The first-order valence-corrected chi connectivity index (χ1v) is 9.86. The Hall–Kier alpha value is -2.73. The summed E-state index contributed by atoms with van der Waals surface area (Å²) in [6.07, 6.45) is 3.77. The Balaban J connectivity index is 1.81. The van der Waals surface area contributed by atoms with Crippen molar-refractivity contribution in [2.75, 3.05) is 6.54 Å². The van der Waals surface area contributed by atoms with E-state index in [2.05, 4.69) is 35.1 Å². The summed E-state index contributed by atoms with van der Waals surface area (Å²) in [7, 11) is 0. The number of halogens is 1. The average molecular weight is 395 g/mol. The third-order valence-electron chi connectivity index (χ3n) is 4.93. The molecule has 0 amide bonds. The van der Waals surface area contributed by atoms with Crippen LogP contribution in [0.5, 0.6) is 0 Å². The fourth-order valence-electron chi connectivity index (χ4n) is 3.81. The third-order valence-corrected chi connectivity index (χ3v) is 5.28. The molecule has 144 valence electrons. The molecule has 1 saturated heterocycles. The number of hydrogen-bond acceptors (Lipinski definition) is 2. The lowest BCUT2D eigenvalue weighted by Crippen LogP contribution is -2.33. The number of rotatable bonds is 5. The molecular formula is C22H23FN4S. The third kappa shape index (κ3) is 3.52. The Kier molecular flexibility index (Phi) is 5.13. The molecule has 28 heavy (non-hydrogen) atoms. The molecule has 1 fully saturated rings. The van der Waals surface area contributed by atoms with E-state index in [0.29, 0.717) is 5.92 Å². The van der Waals surface area contributed by atoms with Crippen LogP contribution in [-0.2, 0) is 0 Å². The van der Waals surface area contributed by atoms with Crippen LogP contribution in [0.1, 0.15) is 37.3 Å². The van der Waals surface area contributed by atoms with Crippen LogP contribution in [-0.4, -0.2) is 26.1 Å². The van der Waals surface area contributed by atoms with Crippen LogP contribution < -0.4 is 5.32 Å². The molecule has 0 unspecified atom stereocenters. The van der Waals surface area contributed by atoms with Gasteiger partial charge in [-0.2, -0.15) is 0 Å². The summed E-state index contributed by atoms with van der Waals surface area (Å²) in [6.45, 7) is 5.19. The first kappa shape index (κ1) is 18.6. The second-order valence-electron chi connectivity index (χ2n) is 7.46. The van der Waals surface area contributed by atoms with Crippen molar-refractivity contribution in [2.24, 2.45) is 5.92 Å². The predicted octanol–water partition coefficient (Wildman–Crippen LogP) is 4.64. The number of nitrogens with one attached hydrogen (secondary N) is 1. The zero-order valence-corrected chi connectivity index (χ0v) is 16.7. The highest BCUT2D eigenvalue weighted by Crippen LogP contribution is 2.39. The fraction of sp³-hybridized carbons (Fsp3) is 0.273. The average Bonchev–Trinajstić information content (AvgIpc) is 3.27. The molecule has 3 aromatic rings. The van der Waals surface area contributed by atoms with Crippen molar-refractivity contribution < 1.29 is 4.39 Å². The number of pyridine rings is 1. The summed E-state index contributed by atoms with van der Waals surface area (Å²) < 4.78 is 15.9. The van der Waals surface area contributed by atoms with E-state index in [1.54, 1.807) is 18.3 Å². The van der Waals surface area contributed by atoms with Gasteiger partial charge in [0.1, 0.15) is 5.82 Å². The molecule has 2 atom stereocenters. The first-order valence-electron chi connectivity index (χ1n) is 9.46. The second-order valence-corrected chi connectivity index (χ2v) is 7.84. The fourth-order valence-corrected chi connectivity index (χ4v) is 4.13. The minimum atomic E-state index is -0.252. The van der Waals surface area contributed by atoms with Crippen molar-refractivity contribution >= 4 is 17.3 Å². The minimum Gasteiger partial charge on any atom is -0.352 e. The molecule has 0 aliphatic carbocycles. The van der Waals surface area contributed by atoms with Crippen LogP contribution in [0, 0.1) is 11.7 Å². The van der Waals surface area contributed by atoms with Crippen LogP contribution in [0.4, 0.5) is 4.39 Å². The summed E-state index contributed by atoms with van der Waals surface area (Å²) in [5.74, 6) is 0.194. The second kappa shape index (κ2) is 7.72. The SMILES string of the molecule is CC(C)CN1C(=S)N[C@@H](c2ccccn2)[C@@H]1c1cccn1-c1cccc(F)c1. The monoisotopic (exact) mass is 394 g/mol. The molecule has 1 aliphatic heterocycles. The molecule has 0 radical (unpaired) electrons. The van der Waals surface area contributed by atoms with E-state index in [9.17, 15) is 4.39 Å².